The molecule has 1 aliphatic heterocycles. The Labute approximate surface area is 290 Å². The van der Waals surface area contributed by atoms with Crippen LogP contribution in [0.2, 0.25) is 10.0 Å². The number of pyridine rings is 2. The second kappa shape index (κ2) is 16.1. The van der Waals surface area contributed by atoms with Crippen molar-refractivity contribution in [2.75, 3.05) is 39.3 Å². The zero-order valence-electron chi connectivity index (χ0n) is 27.3. The number of rotatable bonds is 11. The molecule has 1 unspecified atom stereocenters. The van der Waals surface area contributed by atoms with Gasteiger partial charge in [0, 0.05) is 31.0 Å². The molecule has 0 N–H and O–H groups in total. The lowest BCUT2D eigenvalue weighted by Gasteiger charge is -2.35. The molecule has 3 heterocycles. The van der Waals surface area contributed by atoms with Gasteiger partial charge in [-0.2, -0.15) is 0 Å². The predicted molar refractivity (Wildman–Crippen MR) is 184 cm³/mol. The van der Waals surface area contributed by atoms with Gasteiger partial charge in [-0.15, -0.1) is 0 Å². The third-order valence-electron chi connectivity index (χ3n) is 8.34. The van der Waals surface area contributed by atoms with E-state index < -0.39 is 18.2 Å². The average Bonchev–Trinajstić information content (AvgIpc) is 3.10. The molecule has 48 heavy (non-hydrogen) atoms. The van der Waals surface area contributed by atoms with Crippen LogP contribution in [0, 0.1) is 5.92 Å². The molecule has 1 amide bonds. The Morgan fingerprint density at radius 2 is 1.71 bits per heavy atom. The summed E-state index contributed by atoms with van der Waals surface area (Å²) in [7, 11) is 5.08. The highest BCUT2D eigenvalue weighted by atomic mass is 35.5. The van der Waals surface area contributed by atoms with Gasteiger partial charge in [-0.05, 0) is 73.5 Å². The van der Waals surface area contributed by atoms with Crippen LogP contribution in [0.3, 0.4) is 0 Å². The molecule has 12 heteroatoms. The number of likely N-dealkylation sites (tertiary alicyclic amines) is 1. The summed E-state index contributed by atoms with van der Waals surface area (Å²) in [6.45, 7) is 3.79. The van der Waals surface area contributed by atoms with Crippen molar-refractivity contribution in [3.8, 4) is 11.5 Å². The normalized spacial score (nSPS) is 16.9. The lowest BCUT2D eigenvalue weighted by molar-refractivity contribution is 0.0209. The molecule has 0 saturated carbocycles. The van der Waals surface area contributed by atoms with Crippen molar-refractivity contribution in [1.82, 2.24) is 14.9 Å². The molecule has 2 aromatic heterocycles. The highest BCUT2D eigenvalue weighted by molar-refractivity contribution is 6.35. The van der Waals surface area contributed by atoms with Crippen molar-refractivity contribution in [2.24, 2.45) is 5.92 Å². The first-order valence-electron chi connectivity index (χ1n) is 15.5. The van der Waals surface area contributed by atoms with Crippen LogP contribution in [-0.2, 0) is 22.4 Å². The van der Waals surface area contributed by atoms with E-state index in [1.165, 1.54) is 31.5 Å². The Kier molecular flexibility index (Phi) is 11.8. The van der Waals surface area contributed by atoms with Gasteiger partial charge in [-0.1, -0.05) is 60.5 Å². The van der Waals surface area contributed by atoms with Gasteiger partial charge in [0.2, 0.25) is 0 Å². The maximum Gasteiger partial charge on any atom is 0.414 e. The highest BCUT2D eigenvalue weighted by Gasteiger charge is 2.30. The van der Waals surface area contributed by atoms with E-state index in [0.717, 1.165) is 13.0 Å². The number of benzene rings is 2. The number of hydrogen-bond donors (Lipinski definition) is 0. The number of esters is 1. The van der Waals surface area contributed by atoms with Crippen LogP contribution in [0.5, 0.6) is 11.5 Å². The minimum Gasteiger partial charge on any atom is -0.493 e. The van der Waals surface area contributed by atoms with Gasteiger partial charge in [0.15, 0.2) is 11.5 Å². The van der Waals surface area contributed by atoms with E-state index >= 15 is 0 Å². The number of amides is 1. The first-order chi connectivity index (χ1) is 23.2. The van der Waals surface area contributed by atoms with E-state index in [9.17, 15) is 9.59 Å². The number of anilines is 1. The van der Waals surface area contributed by atoms with Crippen LogP contribution in [0.4, 0.5) is 10.5 Å². The number of carbonyl (C=O) groups excluding carboxylic acids is 2. The van der Waals surface area contributed by atoms with Gasteiger partial charge in [0.05, 0.1) is 36.5 Å². The lowest BCUT2D eigenvalue weighted by Crippen LogP contribution is -2.45. The largest absolute Gasteiger partial charge is 0.493 e. The summed E-state index contributed by atoms with van der Waals surface area (Å²) in [5.74, 6) is 0.540. The van der Waals surface area contributed by atoms with Crippen LogP contribution >= 0.6 is 23.2 Å². The zero-order chi connectivity index (χ0) is 34.2. The number of carbonyl (C=O) groups is 2. The highest BCUT2D eigenvalue weighted by Crippen LogP contribution is 2.35. The molecule has 5 rings (SSSR count). The first-order valence-corrected chi connectivity index (χ1v) is 16.3. The van der Waals surface area contributed by atoms with Crippen molar-refractivity contribution in [1.29, 1.82) is 0 Å². The number of nitrogens with zero attached hydrogens (tertiary/aromatic N) is 4. The quantitative estimate of drug-likeness (QED) is 0.149. The average molecular weight is 694 g/mol. The fraction of sp³-hybridized carbons (Fsp3) is 0.333. The third-order valence-corrected chi connectivity index (χ3v) is 8.99. The van der Waals surface area contributed by atoms with E-state index in [4.69, 9.17) is 42.1 Å². The smallest absolute Gasteiger partial charge is 0.414 e. The number of likely N-dealkylation sites (N-methyl/N-ethyl adjacent to an activating group) is 1. The number of methoxy groups -OCH3 is 2. The monoisotopic (exact) mass is 692 g/mol. The van der Waals surface area contributed by atoms with Crippen molar-refractivity contribution < 1.29 is 28.5 Å². The van der Waals surface area contributed by atoms with E-state index in [1.807, 2.05) is 37.4 Å². The maximum absolute atomic E-state index is 13.7. The van der Waals surface area contributed by atoms with Crippen LogP contribution in [0.1, 0.15) is 46.8 Å². The number of hydrogen-bond acceptors (Lipinski definition) is 9. The standard InChI is InChI=1S/C36H38Cl2N4O6/c1-23-15-16-41(2)22-34(23)48-36(44)42(26-10-6-5-7-11-26)21-25-9-8-12-30(40-25)35(43)47-32(18-27-28(37)19-39-20-29(27)38)24-13-14-31(45-3)33(17-24)46-4/h5-14,17,19-20,23,32,34H,15-16,18,21-22H2,1-4H3/t23?,32-,34-/m0/s1. The van der Waals surface area contributed by atoms with Crippen LogP contribution in [0.25, 0.3) is 0 Å². The summed E-state index contributed by atoms with van der Waals surface area (Å²) < 4.78 is 23.0. The SMILES string of the molecule is COc1ccc([C@H](Cc2c(Cl)cncc2Cl)OC(=O)c2cccc(CN(C(=O)O[C@H]3CN(C)CCC3C)c3ccccc3)n2)cc1OC. The molecule has 1 fully saturated rings. The molecule has 1 aliphatic rings. The Hall–Kier alpha value is -4.38. The molecule has 10 nitrogen and oxygen atoms in total. The van der Waals surface area contributed by atoms with E-state index in [0.29, 0.717) is 50.6 Å². The molecule has 0 radical (unpaired) electrons. The van der Waals surface area contributed by atoms with E-state index in [-0.39, 0.29) is 30.7 Å². The second-order valence-corrected chi connectivity index (χ2v) is 12.5. The summed E-state index contributed by atoms with van der Waals surface area (Å²) >= 11 is 12.9. The Balaban J connectivity index is 1.40. The summed E-state index contributed by atoms with van der Waals surface area (Å²) in [6, 6.07) is 19.5. The van der Waals surface area contributed by atoms with Crippen LogP contribution in [0.15, 0.2) is 79.1 Å². The lowest BCUT2D eigenvalue weighted by atomic mass is 9.96. The van der Waals surface area contributed by atoms with Gasteiger partial charge in [-0.3, -0.25) is 9.88 Å². The Morgan fingerprint density at radius 3 is 2.42 bits per heavy atom. The first kappa shape index (κ1) is 34.9. The predicted octanol–water partition coefficient (Wildman–Crippen LogP) is 7.42. The molecule has 0 bridgehead atoms. The fourth-order valence-corrected chi connectivity index (χ4v) is 6.06. The third kappa shape index (κ3) is 8.55. The molecule has 1 saturated heterocycles. The molecule has 4 aromatic rings. The second-order valence-electron chi connectivity index (χ2n) is 11.7. The number of piperidine rings is 1. The van der Waals surface area contributed by atoms with Gasteiger partial charge in [-0.25, -0.2) is 14.6 Å². The van der Waals surface area contributed by atoms with Crippen molar-refractivity contribution in [2.45, 2.75) is 38.5 Å². The number of aromatic nitrogens is 2. The van der Waals surface area contributed by atoms with Gasteiger partial charge in [0.1, 0.15) is 17.9 Å². The summed E-state index contributed by atoms with van der Waals surface area (Å²) in [6.07, 6.45) is 2.51. The number of para-hydroxylation sites is 1. The van der Waals surface area contributed by atoms with Crippen molar-refractivity contribution in [3.63, 3.8) is 0 Å². The topological polar surface area (TPSA) is 103 Å². The van der Waals surface area contributed by atoms with E-state index in [2.05, 4.69) is 21.8 Å². The van der Waals surface area contributed by atoms with Gasteiger partial charge in [0.25, 0.3) is 0 Å². The minimum absolute atomic E-state index is 0.0637. The number of ether oxygens (including phenoxy) is 4. The van der Waals surface area contributed by atoms with Crippen LogP contribution in [-0.4, -0.2) is 67.4 Å². The van der Waals surface area contributed by atoms with E-state index in [1.54, 1.807) is 36.4 Å². The molecule has 0 spiro atoms. The minimum atomic E-state index is -0.827. The molecular weight excluding hydrogens is 655 g/mol. The zero-order valence-corrected chi connectivity index (χ0v) is 28.8. The maximum atomic E-state index is 13.7. The number of halogens is 2. The fourth-order valence-electron chi connectivity index (χ4n) is 5.54. The summed E-state index contributed by atoms with van der Waals surface area (Å²) in [5.41, 5.74) is 2.38. The van der Waals surface area contributed by atoms with Gasteiger partial charge < -0.3 is 23.8 Å². The molecule has 3 atom stereocenters. The van der Waals surface area contributed by atoms with Crippen molar-refractivity contribution in [3.05, 3.63) is 112 Å². The van der Waals surface area contributed by atoms with Crippen LogP contribution < -0.4 is 14.4 Å². The molecule has 252 valence electrons. The summed E-state index contributed by atoms with van der Waals surface area (Å²) in [5, 5.41) is 0.678. The summed E-state index contributed by atoms with van der Waals surface area (Å²) in [4.78, 5) is 39.7. The van der Waals surface area contributed by atoms with Gasteiger partial charge >= 0.3 is 12.1 Å². The molecule has 0 aliphatic carbocycles. The molecule has 2 aromatic carbocycles. The Bertz CT molecular complexity index is 1710. The molecular formula is C36H38Cl2N4O6. The van der Waals surface area contributed by atoms with Crippen molar-refractivity contribution >= 4 is 41.0 Å². The Morgan fingerprint density at radius 1 is 0.979 bits per heavy atom.